The number of amides is 1. The van der Waals surface area contributed by atoms with Gasteiger partial charge >= 0.3 is 0 Å². The Bertz CT molecular complexity index is 414. The second kappa shape index (κ2) is 9.69. The zero-order valence-electron chi connectivity index (χ0n) is 11.8. The zero-order valence-corrected chi connectivity index (χ0v) is 12.6. The van der Waals surface area contributed by atoms with Crippen LogP contribution in [0, 0.1) is 5.82 Å². The summed E-state index contributed by atoms with van der Waals surface area (Å²) in [4.78, 5) is 11.7. The lowest BCUT2D eigenvalue weighted by Crippen LogP contribution is -2.38. The number of hydrogen-bond donors (Lipinski definition) is 2. The van der Waals surface area contributed by atoms with Gasteiger partial charge in [0.2, 0.25) is 5.91 Å². The number of methoxy groups -OCH3 is 1. The molecule has 3 N–H and O–H groups in total. The van der Waals surface area contributed by atoms with Crippen molar-refractivity contribution in [1.29, 1.82) is 0 Å². The molecule has 0 spiro atoms. The Kier molecular flexibility index (Phi) is 9.12. The van der Waals surface area contributed by atoms with Crippen molar-refractivity contribution in [3.63, 3.8) is 0 Å². The molecule has 0 aliphatic rings. The molecule has 20 heavy (non-hydrogen) atoms. The normalized spacial score (nSPS) is 13.2. The Morgan fingerprint density at radius 3 is 2.65 bits per heavy atom. The number of nitrogens with one attached hydrogen (secondary N) is 1. The maximum absolute atomic E-state index is 13.5. The summed E-state index contributed by atoms with van der Waals surface area (Å²) in [6, 6.07) is 6.42. The number of carbonyl (C=O) groups excluding carboxylic acids is 1. The van der Waals surface area contributed by atoms with Gasteiger partial charge in [-0.15, -0.1) is 12.4 Å². The van der Waals surface area contributed by atoms with E-state index in [0.29, 0.717) is 18.5 Å². The molecule has 0 heterocycles. The van der Waals surface area contributed by atoms with Gasteiger partial charge in [-0.25, -0.2) is 4.39 Å². The maximum atomic E-state index is 13.5. The summed E-state index contributed by atoms with van der Waals surface area (Å²) in [5.74, 6) is -0.388. The van der Waals surface area contributed by atoms with Gasteiger partial charge in [0.1, 0.15) is 5.82 Å². The molecule has 1 rings (SSSR count). The van der Waals surface area contributed by atoms with E-state index < -0.39 is 0 Å². The first kappa shape index (κ1) is 18.8. The molecule has 1 amide bonds. The molecule has 0 saturated carbocycles. The van der Waals surface area contributed by atoms with Crippen molar-refractivity contribution in [2.75, 3.05) is 13.7 Å². The molecule has 0 aliphatic heterocycles. The van der Waals surface area contributed by atoms with E-state index in [1.54, 1.807) is 18.2 Å². The van der Waals surface area contributed by atoms with Gasteiger partial charge in [-0.1, -0.05) is 18.2 Å². The van der Waals surface area contributed by atoms with Gasteiger partial charge in [-0.3, -0.25) is 4.79 Å². The van der Waals surface area contributed by atoms with Crippen LogP contribution in [-0.2, 0) is 16.0 Å². The summed E-state index contributed by atoms with van der Waals surface area (Å²) in [5.41, 5.74) is 6.05. The van der Waals surface area contributed by atoms with Crippen molar-refractivity contribution >= 4 is 18.3 Å². The average molecular weight is 305 g/mol. The lowest BCUT2D eigenvalue weighted by Gasteiger charge is -2.17. The monoisotopic (exact) mass is 304 g/mol. The van der Waals surface area contributed by atoms with Crippen LogP contribution in [0.1, 0.15) is 18.9 Å². The van der Waals surface area contributed by atoms with Gasteiger partial charge in [-0.2, -0.15) is 0 Å². The van der Waals surface area contributed by atoms with Gasteiger partial charge in [0.15, 0.2) is 0 Å². The Morgan fingerprint density at radius 2 is 2.10 bits per heavy atom. The highest BCUT2D eigenvalue weighted by molar-refractivity contribution is 5.85. The fraction of sp³-hybridized carbons (Fsp3) is 0.500. The third-order valence-electron chi connectivity index (χ3n) is 2.90. The van der Waals surface area contributed by atoms with Crippen LogP contribution < -0.4 is 11.1 Å². The number of nitrogens with two attached hydrogens (primary N) is 1. The van der Waals surface area contributed by atoms with Crippen molar-refractivity contribution in [1.82, 2.24) is 5.32 Å². The van der Waals surface area contributed by atoms with Crippen LogP contribution in [0.25, 0.3) is 0 Å². The lowest BCUT2D eigenvalue weighted by atomic mass is 10.1. The molecule has 1 aromatic rings. The first-order chi connectivity index (χ1) is 9.06. The molecular weight excluding hydrogens is 283 g/mol. The highest BCUT2D eigenvalue weighted by Crippen LogP contribution is 2.09. The molecule has 0 bridgehead atoms. The number of halogens is 2. The van der Waals surface area contributed by atoms with Crippen molar-refractivity contribution in [2.24, 2.45) is 5.73 Å². The molecule has 2 atom stereocenters. The van der Waals surface area contributed by atoms with Crippen LogP contribution in [-0.4, -0.2) is 31.7 Å². The average Bonchev–Trinajstić information content (AvgIpc) is 2.38. The van der Waals surface area contributed by atoms with Crippen molar-refractivity contribution < 1.29 is 13.9 Å². The predicted molar refractivity (Wildman–Crippen MR) is 79.4 cm³/mol. The predicted octanol–water partition coefficient (Wildman–Crippen LogP) is 1.66. The van der Waals surface area contributed by atoms with Crippen molar-refractivity contribution in [3.05, 3.63) is 35.6 Å². The van der Waals surface area contributed by atoms with Crippen LogP contribution in [0.15, 0.2) is 24.3 Å². The second-order valence-electron chi connectivity index (χ2n) is 4.56. The molecular formula is C14H22ClFN2O2. The SMILES string of the molecule is COC(CN)CC(=O)NC(C)Cc1ccccc1F.Cl. The fourth-order valence-corrected chi connectivity index (χ4v) is 1.85. The van der Waals surface area contributed by atoms with E-state index in [-0.39, 0.29) is 42.7 Å². The van der Waals surface area contributed by atoms with Crippen LogP contribution in [0.2, 0.25) is 0 Å². The highest BCUT2D eigenvalue weighted by atomic mass is 35.5. The summed E-state index contributed by atoms with van der Waals surface area (Å²) in [5, 5.41) is 2.81. The summed E-state index contributed by atoms with van der Waals surface area (Å²) < 4.78 is 18.5. The van der Waals surface area contributed by atoms with Gasteiger partial charge in [-0.05, 0) is 25.0 Å². The van der Waals surface area contributed by atoms with Crippen molar-refractivity contribution in [2.45, 2.75) is 31.9 Å². The molecule has 0 radical (unpaired) electrons. The van der Waals surface area contributed by atoms with E-state index in [9.17, 15) is 9.18 Å². The fourth-order valence-electron chi connectivity index (χ4n) is 1.85. The number of hydrogen-bond acceptors (Lipinski definition) is 3. The highest BCUT2D eigenvalue weighted by Gasteiger charge is 2.14. The Balaban J connectivity index is 0.00000361. The number of carbonyl (C=O) groups is 1. The summed E-state index contributed by atoms with van der Waals surface area (Å²) >= 11 is 0. The second-order valence-corrected chi connectivity index (χ2v) is 4.56. The third-order valence-corrected chi connectivity index (χ3v) is 2.90. The van der Waals surface area contributed by atoms with E-state index in [1.165, 1.54) is 13.2 Å². The van der Waals surface area contributed by atoms with E-state index in [2.05, 4.69) is 5.32 Å². The minimum Gasteiger partial charge on any atom is -0.380 e. The van der Waals surface area contributed by atoms with E-state index in [0.717, 1.165) is 0 Å². The number of benzene rings is 1. The van der Waals surface area contributed by atoms with E-state index in [4.69, 9.17) is 10.5 Å². The van der Waals surface area contributed by atoms with Gasteiger partial charge in [0.05, 0.1) is 12.5 Å². The molecule has 0 aromatic heterocycles. The van der Waals surface area contributed by atoms with Gasteiger partial charge in [0, 0.05) is 19.7 Å². The number of ether oxygens (including phenoxy) is 1. The maximum Gasteiger partial charge on any atom is 0.222 e. The third kappa shape index (κ3) is 6.32. The lowest BCUT2D eigenvalue weighted by molar-refractivity contribution is -0.123. The Hall–Kier alpha value is -1.17. The molecule has 1 aromatic carbocycles. The largest absolute Gasteiger partial charge is 0.380 e. The molecule has 6 heteroatoms. The quantitative estimate of drug-likeness (QED) is 0.805. The molecule has 4 nitrogen and oxygen atoms in total. The van der Waals surface area contributed by atoms with Crippen LogP contribution in [0.3, 0.4) is 0 Å². The first-order valence-electron chi connectivity index (χ1n) is 6.32. The number of rotatable bonds is 7. The Labute approximate surface area is 125 Å². The summed E-state index contributed by atoms with van der Waals surface area (Å²) in [7, 11) is 1.52. The van der Waals surface area contributed by atoms with E-state index >= 15 is 0 Å². The van der Waals surface area contributed by atoms with E-state index in [1.807, 2.05) is 6.92 Å². The Morgan fingerprint density at radius 1 is 1.45 bits per heavy atom. The molecule has 0 fully saturated rings. The zero-order chi connectivity index (χ0) is 14.3. The standard InChI is InChI=1S/C14H21FN2O2.ClH/c1-10(7-11-5-3-4-6-13(11)15)17-14(18)8-12(9-16)19-2;/h3-6,10,12H,7-9,16H2,1-2H3,(H,17,18);1H. The van der Waals surface area contributed by atoms with Crippen LogP contribution >= 0.6 is 12.4 Å². The van der Waals surface area contributed by atoms with Crippen LogP contribution in [0.4, 0.5) is 4.39 Å². The minimum absolute atomic E-state index is 0. The summed E-state index contributed by atoms with van der Waals surface area (Å²) in [6.07, 6.45) is 0.397. The molecule has 0 saturated heterocycles. The first-order valence-corrected chi connectivity index (χ1v) is 6.32. The van der Waals surface area contributed by atoms with Crippen molar-refractivity contribution in [3.8, 4) is 0 Å². The summed E-state index contributed by atoms with van der Waals surface area (Å²) in [6.45, 7) is 2.14. The molecule has 114 valence electrons. The smallest absolute Gasteiger partial charge is 0.222 e. The van der Waals surface area contributed by atoms with Crippen LogP contribution in [0.5, 0.6) is 0 Å². The van der Waals surface area contributed by atoms with Gasteiger partial charge < -0.3 is 15.8 Å². The molecule has 0 aliphatic carbocycles. The van der Waals surface area contributed by atoms with Gasteiger partial charge in [0.25, 0.3) is 0 Å². The minimum atomic E-state index is -0.277. The topological polar surface area (TPSA) is 64.3 Å². The molecule has 2 unspecified atom stereocenters.